The Morgan fingerprint density at radius 2 is 1.82 bits per heavy atom. The lowest BCUT2D eigenvalue weighted by atomic mass is 9.84. The van der Waals surface area contributed by atoms with Crippen LogP contribution in [-0.2, 0) is 5.41 Å². The summed E-state index contributed by atoms with van der Waals surface area (Å²) in [7, 11) is 4.11. The van der Waals surface area contributed by atoms with Gasteiger partial charge in [0, 0.05) is 6.54 Å². The van der Waals surface area contributed by atoms with Gasteiger partial charge in [-0.3, -0.25) is 0 Å². The molecule has 1 rings (SSSR count). The zero-order chi connectivity index (χ0) is 13.1. The lowest BCUT2D eigenvalue weighted by Crippen LogP contribution is -2.19. The molecule has 1 aromatic rings. The van der Waals surface area contributed by atoms with Crippen LogP contribution in [0.4, 0.5) is 0 Å². The molecular weight excluding hydrogens is 210 g/mol. The lowest BCUT2D eigenvalue weighted by molar-refractivity contribution is 0.261. The van der Waals surface area contributed by atoms with Crippen LogP contribution < -0.4 is 4.74 Å². The van der Waals surface area contributed by atoms with Crippen LogP contribution >= 0.6 is 0 Å². The zero-order valence-corrected chi connectivity index (χ0v) is 12.0. The number of hydrogen-bond donors (Lipinski definition) is 0. The molecule has 0 spiro atoms. The van der Waals surface area contributed by atoms with Crippen molar-refractivity contribution in [2.45, 2.75) is 33.1 Å². The van der Waals surface area contributed by atoms with Crippen LogP contribution in [0.5, 0.6) is 5.75 Å². The van der Waals surface area contributed by atoms with E-state index in [1.165, 1.54) is 11.1 Å². The molecule has 96 valence electrons. The van der Waals surface area contributed by atoms with Crippen molar-refractivity contribution >= 4 is 0 Å². The summed E-state index contributed by atoms with van der Waals surface area (Å²) in [6.07, 6.45) is 0. The largest absolute Gasteiger partial charge is 0.492 e. The van der Waals surface area contributed by atoms with Gasteiger partial charge in [-0.1, -0.05) is 26.8 Å². The maximum atomic E-state index is 5.72. The minimum absolute atomic E-state index is 0.201. The molecule has 0 aliphatic rings. The Bertz CT molecular complexity index is 364. The predicted molar refractivity (Wildman–Crippen MR) is 73.9 cm³/mol. The van der Waals surface area contributed by atoms with Crippen molar-refractivity contribution in [2.75, 3.05) is 27.2 Å². The third kappa shape index (κ3) is 4.39. The van der Waals surface area contributed by atoms with Crippen molar-refractivity contribution in [3.63, 3.8) is 0 Å². The first-order chi connectivity index (χ1) is 7.80. The summed E-state index contributed by atoms with van der Waals surface area (Å²) in [4.78, 5) is 2.12. The van der Waals surface area contributed by atoms with E-state index in [4.69, 9.17) is 4.74 Å². The number of likely N-dealkylation sites (N-methyl/N-ethyl adjacent to an activating group) is 1. The zero-order valence-electron chi connectivity index (χ0n) is 12.0. The molecule has 0 heterocycles. The van der Waals surface area contributed by atoms with Gasteiger partial charge in [0.25, 0.3) is 0 Å². The molecule has 1 aromatic carbocycles. The lowest BCUT2D eigenvalue weighted by Gasteiger charge is -2.22. The third-order valence-corrected chi connectivity index (χ3v) is 2.81. The maximum absolute atomic E-state index is 5.72. The fourth-order valence-corrected chi connectivity index (χ4v) is 1.91. The van der Waals surface area contributed by atoms with E-state index in [1.54, 1.807) is 0 Å². The Kier molecular flexibility index (Phi) is 4.58. The molecule has 0 unspecified atom stereocenters. The standard InChI is InChI=1S/C15H25NO/c1-12-11-13(17-10-9-16(5)6)7-8-14(12)15(2,3)4/h7-8,11H,9-10H2,1-6H3. The summed E-state index contributed by atoms with van der Waals surface area (Å²) >= 11 is 0. The van der Waals surface area contributed by atoms with Crippen molar-refractivity contribution < 1.29 is 4.74 Å². The molecule has 0 saturated carbocycles. The number of nitrogens with zero attached hydrogens (tertiary/aromatic N) is 1. The summed E-state index contributed by atoms with van der Waals surface area (Å²) in [6, 6.07) is 6.39. The molecule has 17 heavy (non-hydrogen) atoms. The molecule has 0 radical (unpaired) electrons. The average Bonchev–Trinajstić information content (AvgIpc) is 2.14. The van der Waals surface area contributed by atoms with Crippen molar-refractivity contribution in [3.05, 3.63) is 29.3 Å². The topological polar surface area (TPSA) is 12.5 Å². The molecule has 0 aliphatic heterocycles. The van der Waals surface area contributed by atoms with Crippen LogP contribution in [-0.4, -0.2) is 32.1 Å². The molecule has 0 amide bonds. The van der Waals surface area contributed by atoms with Crippen molar-refractivity contribution in [1.82, 2.24) is 4.90 Å². The molecule has 0 saturated heterocycles. The van der Waals surface area contributed by atoms with Crippen LogP contribution in [0.2, 0.25) is 0 Å². The van der Waals surface area contributed by atoms with E-state index in [9.17, 15) is 0 Å². The van der Waals surface area contributed by atoms with Crippen molar-refractivity contribution in [3.8, 4) is 5.75 Å². The van der Waals surface area contributed by atoms with Gasteiger partial charge >= 0.3 is 0 Å². The van der Waals surface area contributed by atoms with Gasteiger partial charge in [-0.15, -0.1) is 0 Å². The molecule has 0 atom stereocenters. The van der Waals surface area contributed by atoms with Crippen LogP contribution in [0.1, 0.15) is 31.9 Å². The minimum Gasteiger partial charge on any atom is -0.492 e. The summed E-state index contributed by atoms with van der Waals surface area (Å²) in [5.41, 5.74) is 2.89. The third-order valence-electron chi connectivity index (χ3n) is 2.81. The number of benzene rings is 1. The van der Waals surface area contributed by atoms with Crippen molar-refractivity contribution in [2.24, 2.45) is 0 Å². The smallest absolute Gasteiger partial charge is 0.119 e. The number of rotatable bonds is 4. The van der Waals surface area contributed by atoms with Crippen LogP contribution in [0, 0.1) is 6.92 Å². The molecule has 0 fully saturated rings. The summed E-state index contributed by atoms with van der Waals surface area (Å²) < 4.78 is 5.72. The van der Waals surface area contributed by atoms with Crippen LogP contribution in [0.25, 0.3) is 0 Å². The van der Waals surface area contributed by atoms with E-state index in [2.05, 4.69) is 64.9 Å². The van der Waals surface area contributed by atoms with E-state index in [0.29, 0.717) is 0 Å². The van der Waals surface area contributed by atoms with Gasteiger partial charge < -0.3 is 9.64 Å². The highest BCUT2D eigenvalue weighted by molar-refractivity contribution is 5.38. The van der Waals surface area contributed by atoms with Gasteiger partial charge in [0.15, 0.2) is 0 Å². The van der Waals surface area contributed by atoms with E-state index < -0.39 is 0 Å². The fraction of sp³-hybridized carbons (Fsp3) is 0.600. The molecule has 0 aromatic heterocycles. The molecular formula is C15H25NO. The van der Waals surface area contributed by atoms with Crippen LogP contribution in [0.15, 0.2) is 18.2 Å². The maximum Gasteiger partial charge on any atom is 0.119 e. The van der Waals surface area contributed by atoms with Gasteiger partial charge in [-0.05, 0) is 49.7 Å². The monoisotopic (exact) mass is 235 g/mol. The highest BCUT2D eigenvalue weighted by Gasteiger charge is 2.16. The first kappa shape index (κ1) is 14.0. The normalized spacial score (nSPS) is 11.9. The second kappa shape index (κ2) is 5.54. The van der Waals surface area contributed by atoms with Gasteiger partial charge in [0.2, 0.25) is 0 Å². The number of aryl methyl sites for hydroxylation is 1. The first-order valence-electron chi connectivity index (χ1n) is 6.19. The van der Waals surface area contributed by atoms with E-state index in [1.807, 2.05) is 0 Å². The van der Waals surface area contributed by atoms with Gasteiger partial charge in [-0.25, -0.2) is 0 Å². The first-order valence-corrected chi connectivity index (χ1v) is 6.19. The molecule has 0 N–H and O–H groups in total. The molecule has 2 heteroatoms. The summed E-state index contributed by atoms with van der Waals surface area (Å²) in [5.74, 6) is 0.970. The molecule has 2 nitrogen and oxygen atoms in total. The predicted octanol–water partition coefficient (Wildman–Crippen LogP) is 3.23. The van der Waals surface area contributed by atoms with Crippen LogP contribution in [0.3, 0.4) is 0 Å². The quantitative estimate of drug-likeness (QED) is 0.794. The second-order valence-corrected chi connectivity index (χ2v) is 5.88. The highest BCUT2D eigenvalue weighted by Crippen LogP contribution is 2.28. The van der Waals surface area contributed by atoms with Crippen molar-refractivity contribution in [1.29, 1.82) is 0 Å². The van der Waals surface area contributed by atoms with Gasteiger partial charge in [-0.2, -0.15) is 0 Å². The highest BCUT2D eigenvalue weighted by atomic mass is 16.5. The van der Waals surface area contributed by atoms with E-state index in [0.717, 1.165) is 18.9 Å². The Labute approximate surface area is 106 Å². The Hall–Kier alpha value is -1.02. The SMILES string of the molecule is Cc1cc(OCCN(C)C)ccc1C(C)(C)C. The number of hydrogen-bond acceptors (Lipinski definition) is 2. The summed E-state index contributed by atoms with van der Waals surface area (Å²) in [5, 5.41) is 0. The molecule has 0 bridgehead atoms. The summed E-state index contributed by atoms with van der Waals surface area (Å²) in [6.45, 7) is 10.5. The Morgan fingerprint density at radius 1 is 1.18 bits per heavy atom. The fourth-order valence-electron chi connectivity index (χ4n) is 1.91. The van der Waals surface area contributed by atoms with Gasteiger partial charge in [0.1, 0.15) is 12.4 Å². The second-order valence-electron chi connectivity index (χ2n) is 5.88. The van der Waals surface area contributed by atoms with E-state index in [-0.39, 0.29) is 5.41 Å². The van der Waals surface area contributed by atoms with Gasteiger partial charge in [0.05, 0.1) is 0 Å². The van der Waals surface area contributed by atoms with E-state index >= 15 is 0 Å². The number of ether oxygens (including phenoxy) is 1. The molecule has 0 aliphatic carbocycles. The Morgan fingerprint density at radius 3 is 2.29 bits per heavy atom. The minimum atomic E-state index is 0.201. The Balaban J connectivity index is 2.69. The average molecular weight is 235 g/mol.